The van der Waals surface area contributed by atoms with E-state index in [0.29, 0.717) is 6.10 Å². The molecule has 3 rings (SSSR count). The fourth-order valence-corrected chi connectivity index (χ4v) is 4.00. The Balaban J connectivity index is 1.31. The van der Waals surface area contributed by atoms with Crippen LogP contribution in [0, 0.1) is 5.92 Å². The summed E-state index contributed by atoms with van der Waals surface area (Å²) in [6, 6.07) is 0. The quantitative estimate of drug-likeness (QED) is 0.777. The highest BCUT2D eigenvalue weighted by atomic mass is 16.6. The Morgan fingerprint density at radius 2 is 2.00 bits per heavy atom. The smallest absolute Gasteiger partial charge is 0.0817 e. The third kappa shape index (κ3) is 3.71. The van der Waals surface area contributed by atoms with E-state index in [4.69, 9.17) is 9.47 Å². The maximum absolute atomic E-state index is 6.32. The zero-order valence-corrected chi connectivity index (χ0v) is 12.2. The van der Waals surface area contributed by atoms with Crippen LogP contribution in [0.1, 0.15) is 57.8 Å². The molecule has 2 aliphatic heterocycles. The Bertz CT molecular complexity index is 270. The molecule has 0 aromatic heterocycles. The van der Waals surface area contributed by atoms with Gasteiger partial charge in [0.1, 0.15) is 0 Å². The monoisotopic (exact) mass is 267 g/mol. The molecule has 19 heavy (non-hydrogen) atoms. The van der Waals surface area contributed by atoms with Gasteiger partial charge in [0.2, 0.25) is 0 Å². The molecule has 2 heterocycles. The lowest BCUT2D eigenvalue weighted by Gasteiger charge is -2.33. The molecule has 0 aromatic carbocycles. The van der Waals surface area contributed by atoms with Crippen molar-refractivity contribution in [3.63, 3.8) is 0 Å². The molecule has 3 fully saturated rings. The highest BCUT2D eigenvalue weighted by Crippen LogP contribution is 2.41. The molecule has 1 aliphatic carbocycles. The fraction of sp³-hybridized carbons (Fsp3) is 1.00. The van der Waals surface area contributed by atoms with E-state index in [-0.39, 0.29) is 5.60 Å². The number of hydrogen-bond donors (Lipinski definition) is 1. The van der Waals surface area contributed by atoms with Crippen LogP contribution in [0.2, 0.25) is 0 Å². The number of hydrogen-bond acceptors (Lipinski definition) is 3. The summed E-state index contributed by atoms with van der Waals surface area (Å²) < 4.78 is 12.2. The van der Waals surface area contributed by atoms with Gasteiger partial charge in [-0.05, 0) is 57.5 Å². The first-order valence-corrected chi connectivity index (χ1v) is 8.33. The normalized spacial score (nSPS) is 34.1. The molecule has 3 aliphatic rings. The van der Waals surface area contributed by atoms with Crippen LogP contribution < -0.4 is 5.32 Å². The predicted molar refractivity (Wildman–Crippen MR) is 76.3 cm³/mol. The Morgan fingerprint density at radius 3 is 2.79 bits per heavy atom. The van der Waals surface area contributed by atoms with Crippen LogP contribution in [-0.4, -0.2) is 38.0 Å². The standard InChI is InChI=1S/C16H29NO2/c1-2-7-16(8-3-1)9-4-15(19-16)13-18-11-6-14-5-10-17-12-14/h14-15,17H,1-13H2. The first-order valence-electron chi connectivity index (χ1n) is 8.33. The minimum Gasteiger partial charge on any atom is -0.379 e. The van der Waals surface area contributed by atoms with E-state index < -0.39 is 0 Å². The zero-order valence-electron chi connectivity index (χ0n) is 12.2. The van der Waals surface area contributed by atoms with Crippen LogP contribution in [-0.2, 0) is 9.47 Å². The fourth-order valence-electron chi connectivity index (χ4n) is 4.00. The van der Waals surface area contributed by atoms with Crippen LogP contribution in [0.5, 0.6) is 0 Å². The van der Waals surface area contributed by atoms with Crippen molar-refractivity contribution in [2.24, 2.45) is 5.92 Å². The van der Waals surface area contributed by atoms with Gasteiger partial charge in [-0.3, -0.25) is 0 Å². The molecule has 2 atom stereocenters. The summed E-state index contributed by atoms with van der Waals surface area (Å²) in [5.74, 6) is 0.842. The van der Waals surface area contributed by atoms with E-state index in [2.05, 4.69) is 5.32 Å². The summed E-state index contributed by atoms with van der Waals surface area (Å²) in [6.45, 7) is 4.12. The summed E-state index contributed by atoms with van der Waals surface area (Å²) in [7, 11) is 0. The minimum atomic E-state index is 0.252. The van der Waals surface area contributed by atoms with Gasteiger partial charge in [-0.15, -0.1) is 0 Å². The Labute approximate surface area is 117 Å². The summed E-state index contributed by atoms with van der Waals surface area (Å²) in [4.78, 5) is 0. The summed E-state index contributed by atoms with van der Waals surface area (Å²) in [5.41, 5.74) is 0.252. The van der Waals surface area contributed by atoms with E-state index >= 15 is 0 Å². The third-order valence-corrected chi connectivity index (χ3v) is 5.24. The Hall–Kier alpha value is -0.120. The van der Waals surface area contributed by atoms with E-state index in [1.54, 1.807) is 0 Å². The highest BCUT2D eigenvalue weighted by molar-refractivity contribution is 4.91. The lowest BCUT2D eigenvalue weighted by molar-refractivity contribution is -0.0885. The van der Waals surface area contributed by atoms with Crippen molar-refractivity contribution in [1.29, 1.82) is 0 Å². The molecule has 1 saturated carbocycles. The molecule has 110 valence electrons. The van der Waals surface area contributed by atoms with Crippen molar-refractivity contribution < 1.29 is 9.47 Å². The largest absolute Gasteiger partial charge is 0.379 e. The van der Waals surface area contributed by atoms with Crippen molar-refractivity contribution in [1.82, 2.24) is 5.32 Å². The first-order chi connectivity index (χ1) is 9.36. The van der Waals surface area contributed by atoms with E-state index in [1.165, 1.54) is 70.9 Å². The summed E-state index contributed by atoms with van der Waals surface area (Å²) in [6.07, 6.45) is 12.1. The predicted octanol–water partition coefficient (Wildman–Crippen LogP) is 2.88. The van der Waals surface area contributed by atoms with Crippen LogP contribution in [0.15, 0.2) is 0 Å². The number of ether oxygens (including phenoxy) is 2. The van der Waals surface area contributed by atoms with Gasteiger partial charge in [0.25, 0.3) is 0 Å². The van der Waals surface area contributed by atoms with Gasteiger partial charge in [0.15, 0.2) is 0 Å². The molecule has 3 nitrogen and oxygen atoms in total. The van der Waals surface area contributed by atoms with Crippen molar-refractivity contribution in [3.8, 4) is 0 Å². The molecule has 1 N–H and O–H groups in total. The molecule has 0 radical (unpaired) electrons. The van der Waals surface area contributed by atoms with Gasteiger partial charge >= 0.3 is 0 Å². The maximum Gasteiger partial charge on any atom is 0.0817 e. The molecule has 2 unspecified atom stereocenters. The lowest BCUT2D eigenvalue weighted by atomic mass is 9.83. The minimum absolute atomic E-state index is 0.252. The summed E-state index contributed by atoms with van der Waals surface area (Å²) in [5, 5.41) is 3.41. The molecule has 0 bridgehead atoms. The summed E-state index contributed by atoms with van der Waals surface area (Å²) >= 11 is 0. The van der Waals surface area contributed by atoms with Crippen LogP contribution in [0.3, 0.4) is 0 Å². The van der Waals surface area contributed by atoms with Gasteiger partial charge in [-0.2, -0.15) is 0 Å². The maximum atomic E-state index is 6.32. The van der Waals surface area contributed by atoms with Crippen LogP contribution in [0.25, 0.3) is 0 Å². The first kappa shape index (κ1) is 13.8. The molecule has 3 heteroatoms. The number of rotatable bonds is 5. The third-order valence-electron chi connectivity index (χ3n) is 5.24. The van der Waals surface area contributed by atoms with Crippen LogP contribution in [0.4, 0.5) is 0 Å². The van der Waals surface area contributed by atoms with Crippen LogP contribution >= 0.6 is 0 Å². The lowest BCUT2D eigenvalue weighted by Crippen LogP contribution is -2.32. The second kappa shape index (κ2) is 6.55. The zero-order chi connectivity index (χ0) is 13.0. The van der Waals surface area contributed by atoms with Crippen molar-refractivity contribution in [2.75, 3.05) is 26.3 Å². The molecular weight excluding hydrogens is 238 g/mol. The van der Waals surface area contributed by atoms with E-state index in [9.17, 15) is 0 Å². The highest BCUT2D eigenvalue weighted by Gasteiger charge is 2.40. The van der Waals surface area contributed by atoms with Gasteiger partial charge in [-0.1, -0.05) is 19.3 Å². The number of nitrogens with one attached hydrogen (secondary N) is 1. The van der Waals surface area contributed by atoms with Gasteiger partial charge < -0.3 is 14.8 Å². The molecule has 1 spiro atoms. The molecular formula is C16H29NO2. The molecule has 0 aromatic rings. The van der Waals surface area contributed by atoms with Gasteiger partial charge in [0.05, 0.1) is 18.3 Å². The molecule has 0 amide bonds. The second-order valence-corrected chi connectivity index (χ2v) is 6.74. The van der Waals surface area contributed by atoms with Crippen molar-refractivity contribution in [2.45, 2.75) is 69.5 Å². The van der Waals surface area contributed by atoms with E-state index in [1.807, 2.05) is 0 Å². The Kier molecular flexibility index (Phi) is 4.78. The Morgan fingerprint density at radius 1 is 1.11 bits per heavy atom. The molecule has 2 saturated heterocycles. The van der Waals surface area contributed by atoms with Gasteiger partial charge in [0, 0.05) is 6.61 Å². The van der Waals surface area contributed by atoms with Crippen molar-refractivity contribution in [3.05, 3.63) is 0 Å². The average molecular weight is 267 g/mol. The van der Waals surface area contributed by atoms with E-state index in [0.717, 1.165) is 19.1 Å². The SMILES string of the molecule is C1CCC2(CC1)CCC(COCCC1CCNC1)O2. The average Bonchev–Trinajstić information content (AvgIpc) is 3.07. The second-order valence-electron chi connectivity index (χ2n) is 6.74. The topological polar surface area (TPSA) is 30.5 Å². The van der Waals surface area contributed by atoms with Crippen molar-refractivity contribution >= 4 is 0 Å². The van der Waals surface area contributed by atoms with Gasteiger partial charge in [-0.25, -0.2) is 0 Å².